The van der Waals surface area contributed by atoms with Crippen molar-refractivity contribution < 1.29 is 4.74 Å². The maximum Gasteiger partial charge on any atom is 0.193 e. The van der Waals surface area contributed by atoms with Crippen LogP contribution in [0.5, 0.6) is 0 Å². The Bertz CT molecular complexity index is 372. The fourth-order valence-electron chi connectivity index (χ4n) is 3.64. The number of nitrogens with one attached hydrogen (secondary N) is 1. The van der Waals surface area contributed by atoms with Gasteiger partial charge in [-0.1, -0.05) is 22.5 Å². The van der Waals surface area contributed by atoms with Gasteiger partial charge in [-0.15, -0.1) is 24.0 Å². The van der Waals surface area contributed by atoms with E-state index < -0.39 is 0 Å². The third kappa shape index (κ3) is 2.95. The lowest BCUT2D eigenvalue weighted by atomic mass is 9.82. The Morgan fingerprint density at radius 3 is 2.42 bits per heavy atom. The van der Waals surface area contributed by atoms with Crippen LogP contribution >= 0.6 is 39.9 Å². The zero-order valence-electron chi connectivity index (χ0n) is 11.1. The molecule has 0 amide bonds. The Morgan fingerprint density at radius 2 is 1.95 bits per heavy atom. The van der Waals surface area contributed by atoms with E-state index in [2.05, 4.69) is 37.7 Å². The van der Waals surface area contributed by atoms with Crippen LogP contribution in [0.15, 0.2) is 16.1 Å². The Hall–Kier alpha value is 0.180. The molecular formula is C13H21BrIN3O. The molecule has 3 saturated heterocycles. The minimum absolute atomic E-state index is 0. The second kappa shape index (κ2) is 6.30. The molecule has 0 spiro atoms. The van der Waals surface area contributed by atoms with E-state index in [-0.39, 0.29) is 24.0 Å². The number of ether oxygens (including phenoxy) is 1. The molecule has 0 aliphatic carbocycles. The number of guanidine groups is 1. The van der Waals surface area contributed by atoms with Gasteiger partial charge >= 0.3 is 0 Å². The number of hydrogen-bond donors (Lipinski definition) is 1. The van der Waals surface area contributed by atoms with Crippen molar-refractivity contribution >= 4 is 45.9 Å². The molecule has 3 aliphatic heterocycles. The molecule has 6 heteroatoms. The average Bonchev–Trinajstić information content (AvgIpc) is 3.01. The number of fused-ring (bicyclic) bond motifs is 5. The highest BCUT2D eigenvalue weighted by molar-refractivity contribution is 14.0. The van der Waals surface area contributed by atoms with Gasteiger partial charge in [0, 0.05) is 43.0 Å². The normalized spacial score (nSPS) is 36.1. The Morgan fingerprint density at radius 1 is 1.37 bits per heavy atom. The number of aliphatic imine (C=N–C) groups is 1. The smallest absolute Gasteiger partial charge is 0.193 e. The van der Waals surface area contributed by atoms with Crippen molar-refractivity contribution in [1.29, 1.82) is 0 Å². The van der Waals surface area contributed by atoms with Gasteiger partial charge in [-0.2, -0.15) is 0 Å². The molecule has 0 aromatic rings. The van der Waals surface area contributed by atoms with Crippen LogP contribution in [0.1, 0.15) is 12.8 Å². The van der Waals surface area contributed by atoms with Gasteiger partial charge in [0.25, 0.3) is 0 Å². The lowest BCUT2D eigenvalue weighted by molar-refractivity contribution is 0.0767. The first-order valence-electron chi connectivity index (χ1n) is 6.63. The summed E-state index contributed by atoms with van der Waals surface area (Å²) < 4.78 is 6.94. The second-order valence-corrected chi connectivity index (χ2v) is 6.56. The molecule has 0 saturated carbocycles. The first-order chi connectivity index (χ1) is 8.69. The van der Waals surface area contributed by atoms with Gasteiger partial charge in [-0.3, -0.25) is 4.99 Å². The molecule has 19 heavy (non-hydrogen) atoms. The molecule has 108 valence electrons. The lowest BCUT2D eigenvalue weighted by Crippen LogP contribution is -2.41. The van der Waals surface area contributed by atoms with Gasteiger partial charge < -0.3 is 15.0 Å². The highest BCUT2D eigenvalue weighted by Gasteiger charge is 2.53. The lowest BCUT2D eigenvalue weighted by Gasteiger charge is -2.23. The van der Waals surface area contributed by atoms with Crippen LogP contribution in [0.25, 0.3) is 0 Å². The van der Waals surface area contributed by atoms with E-state index in [9.17, 15) is 0 Å². The van der Waals surface area contributed by atoms with Gasteiger partial charge in [0.05, 0.1) is 12.2 Å². The van der Waals surface area contributed by atoms with Gasteiger partial charge in [0.2, 0.25) is 0 Å². The molecule has 2 bridgehead atoms. The predicted octanol–water partition coefficient (Wildman–Crippen LogP) is 2.20. The van der Waals surface area contributed by atoms with Crippen molar-refractivity contribution in [3.8, 4) is 0 Å². The second-order valence-electron chi connectivity index (χ2n) is 5.44. The van der Waals surface area contributed by atoms with Crippen molar-refractivity contribution in [2.24, 2.45) is 16.8 Å². The summed E-state index contributed by atoms with van der Waals surface area (Å²) in [6.07, 6.45) is 3.52. The van der Waals surface area contributed by atoms with E-state index >= 15 is 0 Å². The van der Waals surface area contributed by atoms with Crippen molar-refractivity contribution in [2.75, 3.05) is 26.7 Å². The Kier molecular flexibility index (Phi) is 5.16. The minimum atomic E-state index is 0. The predicted molar refractivity (Wildman–Crippen MR) is 91.3 cm³/mol. The van der Waals surface area contributed by atoms with Crippen LogP contribution < -0.4 is 5.32 Å². The van der Waals surface area contributed by atoms with E-state index in [1.54, 1.807) is 0 Å². The highest BCUT2D eigenvalue weighted by Crippen LogP contribution is 2.47. The molecule has 1 N–H and O–H groups in total. The summed E-state index contributed by atoms with van der Waals surface area (Å²) in [5, 5.41) is 3.34. The molecule has 3 heterocycles. The summed E-state index contributed by atoms with van der Waals surface area (Å²) in [5.41, 5.74) is 0. The summed E-state index contributed by atoms with van der Waals surface area (Å²) in [6.45, 7) is 6.73. The first-order valence-corrected chi connectivity index (χ1v) is 7.42. The zero-order valence-corrected chi connectivity index (χ0v) is 15.1. The molecule has 0 radical (unpaired) electrons. The van der Waals surface area contributed by atoms with Gasteiger partial charge in [-0.05, 0) is 12.8 Å². The quantitative estimate of drug-likeness (QED) is 0.405. The summed E-state index contributed by atoms with van der Waals surface area (Å²) in [7, 11) is 1.85. The summed E-state index contributed by atoms with van der Waals surface area (Å²) in [6, 6.07) is 0. The van der Waals surface area contributed by atoms with Crippen LogP contribution in [0.3, 0.4) is 0 Å². The molecule has 4 nitrogen and oxygen atoms in total. The number of hydrogen-bond acceptors (Lipinski definition) is 2. The summed E-state index contributed by atoms with van der Waals surface area (Å²) >= 11 is 3.37. The highest BCUT2D eigenvalue weighted by atomic mass is 127. The third-order valence-corrected chi connectivity index (χ3v) is 4.68. The molecule has 3 rings (SSSR count). The topological polar surface area (TPSA) is 36.9 Å². The molecule has 4 unspecified atom stereocenters. The number of likely N-dealkylation sites (tertiary alicyclic amines) is 1. The Labute approximate surface area is 140 Å². The fraction of sp³-hybridized carbons (Fsp3) is 0.769. The molecule has 3 aliphatic rings. The maximum absolute atomic E-state index is 5.99. The van der Waals surface area contributed by atoms with Crippen molar-refractivity contribution in [1.82, 2.24) is 10.2 Å². The maximum atomic E-state index is 5.99. The average molecular weight is 442 g/mol. The largest absolute Gasteiger partial charge is 0.374 e. The van der Waals surface area contributed by atoms with Gasteiger partial charge in [0.15, 0.2) is 5.96 Å². The standard InChI is InChI=1S/C13H20BrN3O.HI/c1-8(14)5-16-13(15-2)17-6-9-10(7-17)12-4-3-11(9)18-12;/h9-12H,1,3-7H2,2H3,(H,15,16);1H. The van der Waals surface area contributed by atoms with Crippen LogP contribution in [-0.2, 0) is 4.74 Å². The van der Waals surface area contributed by atoms with Gasteiger partial charge in [-0.25, -0.2) is 0 Å². The van der Waals surface area contributed by atoms with E-state index in [1.807, 2.05) is 7.05 Å². The monoisotopic (exact) mass is 441 g/mol. The van der Waals surface area contributed by atoms with E-state index in [1.165, 1.54) is 12.8 Å². The van der Waals surface area contributed by atoms with Crippen LogP contribution in [-0.4, -0.2) is 49.7 Å². The summed E-state index contributed by atoms with van der Waals surface area (Å²) in [5.74, 6) is 2.42. The Balaban J connectivity index is 0.00000133. The van der Waals surface area contributed by atoms with Crippen molar-refractivity contribution in [3.63, 3.8) is 0 Å². The molecule has 3 fully saturated rings. The molecule has 0 aromatic heterocycles. The van der Waals surface area contributed by atoms with Crippen LogP contribution in [0, 0.1) is 11.8 Å². The van der Waals surface area contributed by atoms with E-state index in [0.29, 0.717) is 12.2 Å². The van der Waals surface area contributed by atoms with Crippen LogP contribution in [0.2, 0.25) is 0 Å². The van der Waals surface area contributed by atoms with Gasteiger partial charge in [0.1, 0.15) is 0 Å². The third-order valence-electron chi connectivity index (χ3n) is 4.40. The zero-order chi connectivity index (χ0) is 12.7. The van der Waals surface area contributed by atoms with Crippen LogP contribution in [0.4, 0.5) is 0 Å². The fourth-order valence-corrected chi connectivity index (χ4v) is 3.78. The molecule has 0 aromatic carbocycles. The van der Waals surface area contributed by atoms with Crippen molar-refractivity contribution in [3.05, 3.63) is 11.1 Å². The van der Waals surface area contributed by atoms with E-state index in [4.69, 9.17) is 4.74 Å². The minimum Gasteiger partial charge on any atom is -0.374 e. The summed E-state index contributed by atoms with van der Waals surface area (Å²) in [4.78, 5) is 6.74. The first kappa shape index (κ1) is 15.6. The molecule has 4 atom stereocenters. The number of rotatable bonds is 2. The van der Waals surface area contributed by atoms with Crippen molar-refractivity contribution in [2.45, 2.75) is 25.0 Å². The molecular weight excluding hydrogens is 421 g/mol. The number of halogens is 2. The van der Waals surface area contributed by atoms with E-state index in [0.717, 1.165) is 41.9 Å². The SMILES string of the molecule is C=C(Br)CNC(=NC)N1CC2C3CCC(O3)C2C1.I. The number of nitrogens with zero attached hydrogens (tertiary/aromatic N) is 2.